The van der Waals surface area contributed by atoms with Crippen molar-refractivity contribution in [3.63, 3.8) is 0 Å². The first-order chi connectivity index (χ1) is 9.70. The first-order valence-electron chi connectivity index (χ1n) is 8.18. The maximum Gasteiger partial charge on any atom is 0.307 e. The first-order valence-corrected chi connectivity index (χ1v) is 8.18. The Kier molecular flexibility index (Phi) is 5.85. The summed E-state index contributed by atoms with van der Waals surface area (Å²) in [5, 5.41) is 0. The van der Waals surface area contributed by atoms with Crippen molar-refractivity contribution >= 4 is 5.97 Å². The smallest absolute Gasteiger partial charge is 0.307 e. The van der Waals surface area contributed by atoms with E-state index in [4.69, 9.17) is 9.47 Å². The topological polar surface area (TPSA) is 38.8 Å². The van der Waals surface area contributed by atoms with Crippen LogP contribution < -0.4 is 0 Å². The SMILES string of the molecule is CCOC(=O)CC1(N2CCOCC2)CCC(CC)CC1. The number of hydrogen-bond donors (Lipinski definition) is 0. The van der Waals surface area contributed by atoms with E-state index < -0.39 is 0 Å². The lowest BCUT2D eigenvalue weighted by atomic mass is 9.72. The Morgan fingerprint density at radius 2 is 1.90 bits per heavy atom. The van der Waals surface area contributed by atoms with Crippen molar-refractivity contribution in [1.29, 1.82) is 0 Å². The quantitative estimate of drug-likeness (QED) is 0.727. The third-order valence-corrected chi connectivity index (χ3v) is 5.07. The lowest BCUT2D eigenvalue weighted by molar-refractivity contribution is -0.149. The van der Waals surface area contributed by atoms with Gasteiger partial charge in [-0.15, -0.1) is 0 Å². The number of carbonyl (C=O) groups is 1. The molecule has 0 aromatic heterocycles. The number of hydrogen-bond acceptors (Lipinski definition) is 4. The highest BCUT2D eigenvalue weighted by Gasteiger charge is 2.42. The van der Waals surface area contributed by atoms with Crippen LogP contribution in [-0.2, 0) is 14.3 Å². The number of rotatable bonds is 5. The van der Waals surface area contributed by atoms with Gasteiger partial charge in [-0.1, -0.05) is 13.3 Å². The average molecular weight is 283 g/mol. The fourth-order valence-electron chi connectivity index (χ4n) is 3.75. The predicted molar refractivity (Wildman–Crippen MR) is 78.6 cm³/mol. The molecule has 1 heterocycles. The van der Waals surface area contributed by atoms with Crippen molar-refractivity contribution in [2.45, 2.75) is 57.9 Å². The van der Waals surface area contributed by atoms with Gasteiger partial charge >= 0.3 is 5.97 Å². The van der Waals surface area contributed by atoms with Crippen molar-refractivity contribution in [1.82, 2.24) is 4.90 Å². The molecular weight excluding hydrogens is 254 g/mol. The Bertz CT molecular complexity index is 305. The fraction of sp³-hybridized carbons (Fsp3) is 0.938. The van der Waals surface area contributed by atoms with Gasteiger partial charge in [-0.05, 0) is 38.5 Å². The van der Waals surface area contributed by atoms with Crippen LogP contribution in [0.2, 0.25) is 0 Å². The third-order valence-electron chi connectivity index (χ3n) is 5.07. The van der Waals surface area contributed by atoms with Crippen LogP contribution in [-0.4, -0.2) is 49.3 Å². The largest absolute Gasteiger partial charge is 0.466 e. The lowest BCUT2D eigenvalue weighted by Crippen LogP contribution is -2.56. The van der Waals surface area contributed by atoms with Gasteiger partial charge in [0.25, 0.3) is 0 Å². The molecule has 0 N–H and O–H groups in total. The van der Waals surface area contributed by atoms with Gasteiger partial charge in [-0.3, -0.25) is 9.69 Å². The molecule has 4 heteroatoms. The Morgan fingerprint density at radius 3 is 2.45 bits per heavy atom. The van der Waals surface area contributed by atoms with Gasteiger partial charge in [0.2, 0.25) is 0 Å². The minimum atomic E-state index is -0.0334. The van der Waals surface area contributed by atoms with Crippen LogP contribution in [0.25, 0.3) is 0 Å². The minimum absolute atomic E-state index is 0.0295. The van der Waals surface area contributed by atoms with Crippen LogP contribution in [0.1, 0.15) is 52.4 Å². The van der Waals surface area contributed by atoms with Gasteiger partial charge < -0.3 is 9.47 Å². The molecule has 0 unspecified atom stereocenters. The molecule has 4 nitrogen and oxygen atoms in total. The Morgan fingerprint density at radius 1 is 1.25 bits per heavy atom. The summed E-state index contributed by atoms with van der Waals surface area (Å²) in [6, 6.07) is 0. The highest BCUT2D eigenvalue weighted by Crippen LogP contribution is 2.40. The summed E-state index contributed by atoms with van der Waals surface area (Å²) in [5.41, 5.74) is 0.0295. The number of carbonyl (C=O) groups excluding carboxylic acids is 1. The van der Waals surface area contributed by atoms with Crippen molar-refractivity contribution < 1.29 is 14.3 Å². The second-order valence-corrected chi connectivity index (χ2v) is 6.16. The summed E-state index contributed by atoms with van der Waals surface area (Å²) in [5.74, 6) is 0.806. The molecular formula is C16H29NO3. The summed E-state index contributed by atoms with van der Waals surface area (Å²) < 4.78 is 10.7. The van der Waals surface area contributed by atoms with Gasteiger partial charge in [0, 0.05) is 18.6 Å². The number of ether oxygens (including phenoxy) is 2. The molecule has 20 heavy (non-hydrogen) atoms. The molecule has 0 bridgehead atoms. The summed E-state index contributed by atoms with van der Waals surface area (Å²) in [6.07, 6.45) is 6.56. The van der Waals surface area contributed by atoms with E-state index >= 15 is 0 Å². The third kappa shape index (κ3) is 3.73. The van der Waals surface area contributed by atoms with Gasteiger partial charge in [-0.25, -0.2) is 0 Å². The molecule has 0 spiro atoms. The number of nitrogens with zero attached hydrogens (tertiary/aromatic N) is 1. The number of esters is 1. The van der Waals surface area contributed by atoms with Crippen LogP contribution in [0, 0.1) is 5.92 Å². The van der Waals surface area contributed by atoms with Crippen molar-refractivity contribution in [3.05, 3.63) is 0 Å². The van der Waals surface area contributed by atoms with E-state index in [1.54, 1.807) is 0 Å². The zero-order chi connectivity index (χ0) is 14.4. The highest BCUT2D eigenvalue weighted by atomic mass is 16.5. The normalized spacial score (nSPS) is 32.0. The fourth-order valence-corrected chi connectivity index (χ4v) is 3.75. The second-order valence-electron chi connectivity index (χ2n) is 6.16. The Hall–Kier alpha value is -0.610. The molecule has 1 aliphatic heterocycles. The molecule has 0 aromatic carbocycles. The molecule has 1 saturated heterocycles. The zero-order valence-electron chi connectivity index (χ0n) is 13.0. The predicted octanol–water partition coefficient (Wildman–Crippen LogP) is 2.61. The molecule has 116 valence electrons. The van der Waals surface area contributed by atoms with Crippen LogP contribution in [0.3, 0.4) is 0 Å². The standard InChI is InChI=1S/C16H29NO3/c1-3-14-5-7-16(8-6-14,13-15(18)20-4-2)17-9-11-19-12-10-17/h14H,3-13H2,1-2H3. The van der Waals surface area contributed by atoms with E-state index in [2.05, 4.69) is 11.8 Å². The molecule has 0 radical (unpaired) electrons. The maximum atomic E-state index is 12.0. The van der Waals surface area contributed by atoms with Crippen LogP contribution in [0.5, 0.6) is 0 Å². The summed E-state index contributed by atoms with van der Waals surface area (Å²) >= 11 is 0. The van der Waals surface area contributed by atoms with Gasteiger partial charge in [0.1, 0.15) is 0 Å². The Labute approximate surface area is 122 Å². The first kappa shape index (κ1) is 15.8. The maximum absolute atomic E-state index is 12.0. The highest BCUT2D eigenvalue weighted by molar-refractivity contribution is 5.71. The lowest BCUT2D eigenvalue weighted by Gasteiger charge is -2.49. The molecule has 0 aromatic rings. The van der Waals surface area contributed by atoms with Crippen molar-refractivity contribution in [2.24, 2.45) is 5.92 Å². The summed E-state index contributed by atoms with van der Waals surface area (Å²) in [6.45, 7) is 8.14. The van der Waals surface area contributed by atoms with Gasteiger partial charge in [0.05, 0.1) is 26.2 Å². The van der Waals surface area contributed by atoms with E-state index in [1.165, 1.54) is 19.3 Å². The summed E-state index contributed by atoms with van der Waals surface area (Å²) in [4.78, 5) is 14.5. The molecule has 2 fully saturated rings. The molecule has 0 atom stereocenters. The van der Waals surface area contributed by atoms with E-state index in [1.807, 2.05) is 6.92 Å². The van der Waals surface area contributed by atoms with Crippen molar-refractivity contribution in [2.75, 3.05) is 32.9 Å². The molecule has 0 amide bonds. The van der Waals surface area contributed by atoms with Crippen molar-refractivity contribution in [3.8, 4) is 0 Å². The second kappa shape index (κ2) is 7.41. The van der Waals surface area contributed by atoms with E-state index in [-0.39, 0.29) is 11.5 Å². The van der Waals surface area contributed by atoms with E-state index in [0.717, 1.165) is 45.1 Å². The zero-order valence-corrected chi connectivity index (χ0v) is 13.0. The van der Waals surface area contributed by atoms with Crippen LogP contribution in [0.4, 0.5) is 0 Å². The number of morpholine rings is 1. The minimum Gasteiger partial charge on any atom is -0.466 e. The van der Waals surface area contributed by atoms with Gasteiger partial charge in [-0.2, -0.15) is 0 Å². The monoisotopic (exact) mass is 283 g/mol. The van der Waals surface area contributed by atoms with E-state index in [0.29, 0.717) is 13.0 Å². The molecule has 1 aliphatic carbocycles. The molecule has 2 rings (SSSR count). The molecule has 1 saturated carbocycles. The Balaban J connectivity index is 2.04. The van der Waals surface area contributed by atoms with E-state index in [9.17, 15) is 4.79 Å². The average Bonchev–Trinajstić information content (AvgIpc) is 2.49. The summed E-state index contributed by atoms with van der Waals surface area (Å²) in [7, 11) is 0. The van der Waals surface area contributed by atoms with Crippen LogP contribution >= 0.6 is 0 Å². The molecule has 2 aliphatic rings. The van der Waals surface area contributed by atoms with Crippen LogP contribution in [0.15, 0.2) is 0 Å². The van der Waals surface area contributed by atoms with Gasteiger partial charge in [0.15, 0.2) is 0 Å².